The van der Waals surface area contributed by atoms with Crippen molar-refractivity contribution in [2.75, 3.05) is 19.6 Å². The zero-order valence-electron chi connectivity index (χ0n) is 12.7. The van der Waals surface area contributed by atoms with Crippen LogP contribution in [0, 0.1) is 0 Å². The van der Waals surface area contributed by atoms with Crippen molar-refractivity contribution in [1.82, 2.24) is 15.2 Å². The Balaban J connectivity index is 1.55. The van der Waals surface area contributed by atoms with Crippen LogP contribution in [0.5, 0.6) is 0 Å². The maximum Gasteiger partial charge on any atom is 0.407 e. The number of carbonyl (C=O) groups is 1. The number of carboxylic acid groups (broad SMARTS) is 1. The van der Waals surface area contributed by atoms with Crippen molar-refractivity contribution in [3.05, 3.63) is 36.0 Å². The first kappa shape index (κ1) is 14.9. The van der Waals surface area contributed by atoms with Crippen LogP contribution in [-0.2, 0) is 6.42 Å². The number of rotatable bonds is 4. The minimum Gasteiger partial charge on any atom is -0.465 e. The highest BCUT2D eigenvalue weighted by atomic mass is 16.4. The van der Waals surface area contributed by atoms with Crippen molar-refractivity contribution < 1.29 is 9.90 Å². The first-order valence-electron chi connectivity index (χ1n) is 8.00. The number of aromatic amines is 1. The molecule has 0 aliphatic carbocycles. The van der Waals surface area contributed by atoms with Crippen molar-refractivity contribution in [1.29, 1.82) is 0 Å². The fourth-order valence-electron chi connectivity index (χ4n) is 3.23. The SMILES string of the molecule is O=C(O)N1CCCC[C@@H](NCCc2c[nH]c3ccccc23)C1. The van der Waals surface area contributed by atoms with Gasteiger partial charge in [-0.3, -0.25) is 0 Å². The van der Waals surface area contributed by atoms with Gasteiger partial charge in [-0.05, 0) is 37.4 Å². The van der Waals surface area contributed by atoms with Crippen molar-refractivity contribution >= 4 is 17.0 Å². The van der Waals surface area contributed by atoms with E-state index in [2.05, 4.69) is 34.7 Å². The van der Waals surface area contributed by atoms with E-state index in [1.165, 1.54) is 21.4 Å². The number of likely N-dealkylation sites (tertiary alicyclic amines) is 1. The van der Waals surface area contributed by atoms with Crippen LogP contribution in [0.3, 0.4) is 0 Å². The lowest BCUT2D eigenvalue weighted by Crippen LogP contribution is -2.42. The first-order valence-corrected chi connectivity index (χ1v) is 8.00. The normalized spacial score (nSPS) is 19.3. The second-order valence-corrected chi connectivity index (χ2v) is 5.98. The average molecular weight is 301 g/mol. The van der Waals surface area contributed by atoms with E-state index in [0.717, 1.165) is 32.2 Å². The third kappa shape index (κ3) is 3.42. The number of amides is 1. The average Bonchev–Trinajstić information content (AvgIpc) is 2.77. The molecule has 0 bridgehead atoms. The molecule has 0 unspecified atom stereocenters. The highest BCUT2D eigenvalue weighted by molar-refractivity contribution is 5.83. The molecule has 1 aliphatic heterocycles. The van der Waals surface area contributed by atoms with Crippen LogP contribution in [0.1, 0.15) is 24.8 Å². The zero-order valence-corrected chi connectivity index (χ0v) is 12.7. The Kier molecular flexibility index (Phi) is 4.63. The van der Waals surface area contributed by atoms with Gasteiger partial charge in [0.1, 0.15) is 0 Å². The molecule has 118 valence electrons. The lowest BCUT2D eigenvalue weighted by molar-refractivity contribution is 0.143. The van der Waals surface area contributed by atoms with Gasteiger partial charge in [0.15, 0.2) is 0 Å². The summed E-state index contributed by atoms with van der Waals surface area (Å²) < 4.78 is 0. The van der Waals surface area contributed by atoms with E-state index in [1.807, 2.05) is 6.07 Å². The number of H-pyrrole nitrogens is 1. The Morgan fingerprint density at radius 1 is 1.36 bits per heavy atom. The number of fused-ring (bicyclic) bond motifs is 1. The molecule has 0 spiro atoms. The molecule has 0 saturated carbocycles. The van der Waals surface area contributed by atoms with Crippen LogP contribution >= 0.6 is 0 Å². The van der Waals surface area contributed by atoms with E-state index >= 15 is 0 Å². The summed E-state index contributed by atoms with van der Waals surface area (Å²) >= 11 is 0. The van der Waals surface area contributed by atoms with E-state index in [-0.39, 0.29) is 6.04 Å². The van der Waals surface area contributed by atoms with E-state index in [0.29, 0.717) is 13.1 Å². The smallest absolute Gasteiger partial charge is 0.407 e. The second kappa shape index (κ2) is 6.83. The van der Waals surface area contributed by atoms with E-state index in [4.69, 9.17) is 5.11 Å². The monoisotopic (exact) mass is 301 g/mol. The van der Waals surface area contributed by atoms with Crippen LogP contribution in [0.2, 0.25) is 0 Å². The predicted molar refractivity (Wildman–Crippen MR) is 87.2 cm³/mol. The zero-order chi connectivity index (χ0) is 15.4. The van der Waals surface area contributed by atoms with Crippen molar-refractivity contribution in [2.45, 2.75) is 31.7 Å². The summed E-state index contributed by atoms with van der Waals surface area (Å²) in [6.45, 7) is 2.14. The third-order valence-electron chi connectivity index (χ3n) is 4.44. The summed E-state index contributed by atoms with van der Waals surface area (Å²) in [4.78, 5) is 16.0. The van der Waals surface area contributed by atoms with Gasteiger partial charge < -0.3 is 20.3 Å². The molecule has 5 nitrogen and oxygen atoms in total. The van der Waals surface area contributed by atoms with Gasteiger partial charge in [-0.1, -0.05) is 24.6 Å². The van der Waals surface area contributed by atoms with Gasteiger partial charge in [0.05, 0.1) is 0 Å². The van der Waals surface area contributed by atoms with E-state index in [1.54, 1.807) is 0 Å². The van der Waals surface area contributed by atoms with Crippen LogP contribution in [0.25, 0.3) is 10.9 Å². The maximum atomic E-state index is 11.2. The molecule has 22 heavy (non-hydrogen) atoms. The van der Waals surface area contributed by atoms with Crippen molar-refractivity contribution in [2.24, 2.45) is 0 Å². The fourth-order valence-corrected chi connectivity index (χ4v) is 3.23. The van der Waals surface area contributed by atoms with Gasteiger partial charge in [0, 0.05) is 36.2 Å². The summed E-state index contributed by atoms with van der Waals surface area (Å²) in [6, 6.07) is 8.58. The minimum absolute atomic E-state index is 0.267. The molecule has 1 saturated heterocycles. The van der Waals surface area contributed by atoms with Gasteiger partial charge in [-0.2, -0.15) is 0 Å². The van der Waals surface area contributed by atoms with Crippen molar-refractivity contribution in [3.8, 4) is 0 Å². The molecule has 3 rings (SSSR count). The molecule has 3 N–H and O–H groups in total. The van der Waals surface area contributed by atoms with Crippen LogP contribution in [0.4, 0.5) is 4.79 Å². The van der Waals surface area contributed by atoms with Gasteiger partial charge >= 0.3 is 6.09 Å². The highest BCUT2D eigenvalue weighted by Gasteiger charge is 2.20. The lowest BCUT2D eigenvalue weighted by Gasteiger charge is -2.22. The van der Waals surface area contributed by atoms with Gasteiger partial charge in [0.2, 0.25) is 0 Å². The predicted octanol–water partition coefficient (Wildman–Crippen LogP) is 2.83. The van der Waals surface area contributed by atoms with Crippen LogP contribution in [-0.4, -0.2) is 46.8 Å². The molecule has 5 heteroatoms. The Morgan fingerprint density at radius 3 is 3.09 bits per heavy atom. The molecule has 2 heterocycles. The molecule has 1 aliphatic rings. The Morgan fingerprint density at radius 2 is 2.23 bits per heavy atom. The molecule has 1 fully saturated rings. The summed E-state index contributed by atoms with van der Waals surface area (Å²) in [6.07, 6.45) is 5.33. The molecule has 1 aromatic carbocycles. The first-order chi connectivity index (χ1) is 10.7. The largest absolute Gasteiger partial charge is 0.465 e. The topological polar surface area (TPSA) is 68.4 Å². The third-order valence-corrected chi connectivity index (χ3v) is 4.44. The summed E-state index contributed by atoms with van der Waals surface area (Å²) in [5.41, 5.74) is 2.48. The molecular weight excluding hydrogens is 278 g/mol. The molecule has 2 aromatic rings. The molecule has 0 radical (unpaired) electrons. The van der Waals surface area contributed by atoms with Gasteiger partial charge in [-0.15, -0.1) is 0 Å². The van der Waals surface area contributed by atoms with Crippen LogP contribution in [0.15, 0.2) is 30.5 Å². The van der Waals surface area contributed by atoms with Gasteiger partial charge in [0.25, 0.3) is 0 Å². The minimum atomic E-state index is -0.801. The number of benzene rings is 1. The molecule has 1 atom stereocenters. The highest BCUT2D eigenvalue weighted by Crippen LogP contribution is 2.18. The number of hydrogen-bond donors (Lipinski definition) is 3. The summed E-state index contributed by atoms with van der Waals surface area (Å²) in [7, 11) is 0. The number of hydrogen-bond acceptors (Lipinski definition) is 2. The molecule has 1 aromatic heterocycles. The summed E-state index contributed by atoms with van der Waals surface area (Å²) in [5, 5.41) is 14.0. The second-order valence-electron chi connectivity index (χ2n) is 5.98. The number of nitrogens with zero attached hydrogens (tertiary/aromatic N) is 1. The van der Waals surface area contributed by atoms with E-state index < -0.39 is 6.09 Å². The number of nitrogens with one attached hydrogen (secondary N) is 2. The standard InChI is InChI=1S/C17H23N3O2/c21-17(22)20-10-4-3-5-14(12-20)18-9-8-13-11-19-16-7-2-1-6-15(13)16/h1-2,6-7,11,14,18-19H,3-5,8-10,12H2,(H,21,22)/t14-/m1/s1. The summed E-state index contributed by atoms with van der Waals surface area (Å²) in [5.74, 6) is 0. The van der Waals surface area contributed by atoms with Crippen LogP contribution < -0.4 is 5.32 Å². The molecule has 1 amide bonds. The quantitative estimate of drug-likeness (QED) is 0.813. The Bertz CT molecular complexity index is 638. The maximum absolute atomic E-state index is 11.2. The number of aromatic nitrogens is 1. The van der Waals surface area contributed by atoms with Crippen molar-refractivity contribution in [3.63, 3.8) is 0 Å². The number of para-hydroxylation sites is 1. The van der Waals surface area contributed by atoms with Gasteiger partial charge in [-0.25, -0.2) is 4.79 Å². The van der Waals surface area contributed by atoms with E-state index in [9.17, 15) is 4.79 Å². The fraction of sp³-hybridized carbons (Fsp3) is 0.471. The Labute approximate surface area is 130 Å². The lowest BCUT2D eigenvalue weighted by atomic mass is 10.1. The Hall–Kier alpha value is -2.01. The molecular formula is C17H23N3O2.